The highest BCUT2D eigenvalue weighted by molar-refractivity contribution is 9.10. The van der Waals surface area contributed by atoms with E-state index in [4.69, 9.17) is 4.74 Å². The summed E-state index contributed by atoms with van der Waals surface area (Å²) in [5.41, 5.74) is 0.576. The van der Waals surface area contributed by atoms with E-state index in [0.29, 0.717) is 17.9 Å². The summed E-state index contributed by atoms with van der Waals surface area (Å²) < 4.78 is 6.21. The van der Waals surface area contributed by atoms with Gasteiger partial charge < -0.3 is 4.74 Å². The minimum atomic E-state index is -0.0614. The van der Waals surface area contributed by atoms with Gasteiger partial charge in [-0.05, 0) is 28.9 Å². The first kappa shape index (κ1) is 8.69. The van der Waals surface area contributed by atoms with Crippen molar-refractivity contribution in [2.45, 2.75) is 19.4 Å². The standard InChI is InChI=1S/C9H8BrNO2/c1-5-2-8(12)7-3-6(10)4-11-9(7)13-5/h3-5H,2H2,1H3. The topological polar surface area (TPSA) is 39.2 Å². The van der Waals surface area contributed by atoms with E-state index >= 15 is 0 Å². The Bertz CT molecular complexity index is 365. The van der Waals surface area contributed by atoms with Crippen LogP contribution in [-0.2, 0) is 0 Å². The SMILES string of the molecule is CC1CC(=O)c2cc(Br)cnc2O1. The first-order valence-electron chi connectivity index (χ1n) is 4.02. The number of ether oxygens (including phenoxy) is 1. The number of rotatable bonds is 0. The maximum Gasteiger partial charge on any atom is 0.224 e. The van der Waals surface area contributed by atoms with Crippen LogP contribution in [0.15, 0.2) is 16.7 Å². The maximum absolute atomic E-state index is 11.5. The molecule has 0 amide bonds. The average molecular weight is 242 g/mol. The van der Waals surface area contributed by atoms with Crippen molar-refractivity contribution in [2.75, 3.05) is 0 Å². The second-order valence-corrected chi connectivity index (χ2v) is 3.98. The molecule has 0 aromatic carbocycles. The molecule has 1 aliphatic rings. The summed E-state index contributed by atoms with van der Waals surface area (Å²) in [6.45, 7) is 1.87. The third-order valence-corrected chi connectivity index (χ3v) is 2.34. The number of halogens is 1. The van der Waals surface area contributed by atoms with Gasteiger partial charge >= 0.3 is 0 Å². The highest BCUT2D eigenvalue weighted by Crippen LogP contribution is 2.27. The molecule has 2 heterocycles. The van der Waals surface area contributed by atoms with Crippen LogP contribution < -0.4 is 4.74 Å². The minimum absolute atomic E-state index is 0.0614. The molecular formula is C9H8BrNO2. The van der Waals surface area contributed by atoms with Crippen LogP contribution in [-0.4, -0.2) is 16.9 Å². The van der Waals surface area contributed by atoms with Crippen LogP contribution in [0, 0.1) is 0 Å². The Morgan fingerprint density at radius 1 is 1.69 bits per heavy atom. The number of nitrogens with zero attached hydrogens (tertiary/aromatic N) is 1. The lowest BCUT2D eigenvalue weighted by Gasteiger charge is -2.20. The molecule has 1 unspecified atom stereocenters. The number of pyridine rings is 1. The second kappa shape index (κ2) is 3.10. The average Bonchev–Trinajstić information content (AvgIpc) is 2.06. The Morgan fingerprint density at radius 3 is 3.23 bits per heavy atom. The van der Waals surface area contributed by atoms with Crippen molar-refractivity contribution in [1.29, 1.82) is 0 Å². The van der Waals surface area contributed by atoms with Gasteiger partial charge in [0.15, 0.2) is 5.78 Å². The summed E-state index contributed by atoms with van der Waals surface area (Å²) in [6.07, 6.45) is 2.00. The monoisotopic (exact) mass is 241 g/mol. The predicted octanol–water partition coefficient (Wildman–Crippen LogP) is 2.20. The molecule has 13 heavy (non-hydrogen) atoms. The quantitative estimate of drug-likeness (QED) is 0.700. The lowest BCUT2D eigenvalue weighted by molar-refractivity contribution is 0.0862. The highest BCUT2D eigenvalue weighted by Gasteiger charge is 2.24. The van der Waals surface area contributed by atoms with Crippen molar-refractivity contribution in [2.24, 2.45) is 0 Å². The number of fused-ring (bicyclic) bond motifs is 1. The first-order valence-corrected chi connectivity index (χ1v) is 4.81. The molecule has 4 heteroatoms. The lowest BCUT2D eigenvalue weighted by Crippen LogP contribution is -2.24. The number of carbonyl (C=O) groups is 1. The zero-order valence-electron chi connectivity index (χ0n) is 7.08. The summed E-state index contributed by atoms with van der Waals surface area (Å²) in [5, 5.41) is 0. The Hall–Kier alpha value is -0.900. The number of aromatic nitrogens is 1. The van der Waals surface area contributed by atoms with Crippen LogP contribution in [0.5, 0.6) is 5.88 Å². The number of ketones is 1. The number of hydrogen-bond donors (Lipinski definition) is 0. The fourth-order valence-corrected chi connectivity index (χ4v) is 1.65. The van der Waals surface area contributed by atoms with Crippen LogP contribution in [0.1, 0.15) is 23.7 Å². The molecule has 0 N–H and O–H groups in total. The van der Waals surface area contributed by atoms with E-state index in [1.54, 1.807) is 12.3 Å². The Kier molecular flexibility index (Phi) is 2.07. The van der Waals surface area contributed by atoms with E-state index < -0.39 is 0 Å². The van der Waals surface area contributed by atoms with Crippen molar-refractivity contribution in [3.05, 3.63) is 22.3 Å². The molecule has 2 rings (SSSR count). The van der Waals surface area contributed by atoms with Gasteiger partial charge in [0.05, 0.1) is 5.56 Å². The molecule has 1 aliphatic heterocycles. The van der Waals surface area contributed by atoms with Gasteiger partial charge in [0, 0.05) is 17.1 Å². The molecule has 0 bridgehead atoms. The molecule has 0 radical (unpaired) electrons. The summed E-state index contributed by atoms with van der Waals surface area (Å²) in [5.74, 6) is 0.550. The molecule has 0 fully saturated rings. The van der Waals surface area contributed by atoms with E-state index in [1.807, 2.05) is 6.92 Å². The smallest absolute Gasteiger partial charge is 0.224 e. The van der Waals surface area contributed by atoms with E-state index in [9.17, 15) is 4.79 Å². The number of carbonyl (C=O) groups excluding carboxylic acids is 1. The fourth-order valence-electron chi connectivity index (χ4n) is 1.32. The number of hydrogen-bond acceptors (Lipinski definition) is 3. The Morgan fingerprint density at radius 2 is 2.46 bits per heavy atom. The normalized spacial score (nSPS) is 20.8. The summed E-state index contributed by atoms with van der Waals surface area (Å²) in [6, 6.07) is 1.75. The number of Topliss-reactive ketones (excluding diaryl/α,β-unsaturated/α-hetero) is 1. The van der Waals surface area contributed by atoms with Gasteiger partial charge in [-0.25, -0.2) is 4.98 Å². The fraction of sp³-hybridized carbons (Fsp3) is 0.333. The molecule has 0 aliphatic carbocycles. The van der Waals surface area contributed by atoms with Gasteiger partial charge in [-0.2, -0.15) is 0 Å². The van der Waals surface area contributed by atoms with Gasteiger partial charge in [-0.15, -0.1) is 0 Å². The zero-order chi connectivity index (χ0) is 9.42. The second-order valence-electron chi connectivity index (χ2n) is 3.06. The Balaban J connectivity index is 2.49. The van der Waals surface area contributed by atoms with Gasteiger partial charge in [0.25, 0.3) is 0 Å². The Labute approximate surface area is 84.2 Å². The van der Waals surface area contributed by atoms with Crippen LogP contribution in [0.25, 0.3) is 0 Å². The van der Waals surface area contributed by atoms with Crippen LogP contribution in [0.2, 0.25) is 0 Å². The van der Waals surface area contributed by atoms with E-state index in [2.05, 4.69) is 20.9 Å². The van der Waals surface area contributed by atoms with Crippen molar-refractivity contribution in [3.8, 4) is 5.88 Å². The highest BCUT2D eigenvalue weighted by atomic mass is 79.9. The summed E-state index contributed by atoms with van der Waals surface area (Å²) >= 11 is 3.26. The van der Waals surface area contributed by atoms with Crippen LogP contribution in [0.3, 0.4) is 0 Å². The molecular weight excluding hydrogens is 234 g/mol. The first-order chi connectivity index (χ1) is 6.16. The van der Waals surface area contributed by atoms with Crippen molar-refractivity contribution in [1.82, 2.24) is 4.98 Å². The van der Waals surface area contributed by atoms with Gasteiger partial charge in [0.2, 0.25) is 5.88 Å². The molecule has 0 saturated carbocycles. The van der Waals surface area contributed by atoms with E-state index in [0.717, 1.165) is 4.47 Å². The molecule has 1 aromatic heterocycles. The van der Waals surface area contributed by atoms with E-state index in [1.165, 1.54) is 0 Å². The van der Waals surface area contributed by atoms with E-state index in [-0.39, 0.29) is 11.9 Å². The van der Waals surface area contributed by atoms with Gasteiger partial charge in [-0.3, -0.25) is 4.79 Å². The zero-order valence-corrected chi connectivity index (χ0v) is 8.67. The van der Waals surface area contributed by atoms with Crippen LogP contribution in [0.4, 0.5) is 0 Å². The maximum atomic E-state index is 11.5. The van der Waals surface area contributed by atoms with Crippen molar-refractivity contribution >= 4 is 21.7 Å². The van der Waals surface area contributed by atoms with Gasteiger partial charge in [0.1, 0.15) is 6.10 Å². The molecule has 1 atom stereocenters. The third-order valence-electron chi connectivity index (χ3n) is 1.90. The van der Waals surface area contributed by atoms with Crippen molar-refractivity contribution < 1.29 is 9.53 Å². The lowest BCUT2D eigenvalue weighted by atomic mass is 10.0. The summed E-state index contributed by atoms with van der Waals surface area (Å²) in [4.78, 5) is 15.5. The van der Waals surface area contributed by atoms with Crippen LogP contribution >= 0.6 is 15.9 Å². The molecule has 3 nitrogen and oxygen atoms in total. The molecule has 0 spiro atoms. The predicted molar refractivity (Wildman–Crippen MR) is 51.0 cm³/mol. The molecule has 68 valence electrons. The van der Waals surface area contributed by atoms with Gasteiger partial charge in [-0.1, -0.05) is 0 Å². The largest absolute Gasteiger partial charge is 0.474 e. The summed E-state index contributed by atoms with van der Waals surface area (Å²) in [7, 11) is 0. The minimum Gasteiger partial charge on any atom is -0.474 e. The third kappa shape index (κ3) is 1.58. The van der Waals surface area contributed by atoms with Crippen molar-refractivity contribution in [3.63, 3.8) is 0 Å². The molecule has 1 aromatic rings. The molecule has 0 saturated heterocycles.